The predicted octanol–water partition coefficient (Wildman–Crippen LogP) is 0.638. The molecule has 0 unspecified atom stereocenters. The van der Waals surface area contributed by atoms with Gasteiger partial charge in [-0.1, -0.05) is 0 Å². The third-order valence-electron chi connectivity index (χ3n) is 2.65. The highest BCUT2D eigenvalue weighted by atomic mass is 16.5. The van der Waals surface area contributed by atoms with Crippen LogP contribution in [0.3, 0.4) is 0 Å². The van der Waals surface area contributed by atoms with Crippen LogP contribution in [0.2, 0.25) is 0 Å². The number of likely N-dealkylation sites (N-methyl/N-ethyl adjacent to an activating group) is 1. The third kappa shape index (κ3) is 3.64. The number of likely N-dealkylation sites (tertiary alicyclic amines) is 1. The summed E-state index contributed by atoms with van der Waals surface area (Å²) in [6.07, 6.45) is 2.11. The summed E-state index contributed by atoms with van der Waals surface area (Å²) in [6.45, 7) is 4.83. The molecular weight excluding hydrogens is 178 g/mol. The zero-order valence-corrected chi connectivity index (χ0v) is 9.25. The first-order chi connectivity index (χ1) is 6.74. The molecule has 0 radical (unpaired) electrons. The second-order valence-corrected chi connectivity index (χ2v) is 3.83. The highest BCUT2D eigenvalue weighted by Gasteiger charge is 2.16. The summed E-state index contributed by atoms with van der Waals surface area (Å²) in [6, 6.07) is 0. The van der Waals surface area contributed by atoms with E-state index in [9.17, 15) is 0 Å². The molecule has 1 fully saturated rings. The Kier molecular flexibility index (Phi) is 4.90. The predicted molar refractivity (Wildman–Crippen MR) is 57.9 cm³/mol. The Morgan fingerprint density at radius 1 is 1.50 bits per heavy atom. The Morgan fingerprint density at radius 3 is 2.86 bits per heavy atom. The zero-order chi connectivity index (χ0) is 10.4. The van der Waals surface area contributed by atoms with Crippen molar-refractivity contribution in [3.63, 3.8) is 0 Å². The van der Waals surface area contributed by atoms with Crippen LogP contribution in [0.1, 0.15) is 12.8 Å². The maximum absolute atomic E-state index is 7.67. The van der Waals surface area contributed by atoms with Gasteiger partial charge >= 0.3 is 0 Å². The summed E-state index contributed by atoms with van der Waals surface area (Å²) in [7, 11) is 3.82. The van der Waals surface area contributed by atoms with Gasteiger partial charge in [-0.25, -0.2) is 0 Å². The summed E-state index contributed by atoms with van der Waals surface area (Å²) in [5.41, 5.74) is 0. The van der Waals surface area contributed by atoms with Gasteiger partial charge in [0, 0.05) is 39.7 Å². The van der Waals surface area contributed by atoms with E-state index in [-0.39, 0.29) is 0 Å². The first-order valence-electron chi connectivity index (χ1n) is 5.24. The van der Waals surface area contributed by atoms with E-state index in [2.05, 4.69) is 16.8 Å². The Hall–Kier alpha value is -0.610. The number of methoxy groups -OCH3 is 1. The fraction of sp³-hybridized carbons (Fsp3) is 0.900. The number of hydrogen-bond donors (Lipinski definition) is 1. The Balaban J connectivity index is 2.10. The van der Waals surface area contributed by atoms with Gasteiger partial charge in [0.2, 0.25) is 0 Å². The minimum Gasteiger partial charge on any atom is -0.383 e. The van der Waals surface area contributed by atoms with E-state index in [1.165, 1.54) is 0 Å². The second kappa shape index (κ2) is 5.98. The molecule has 1 rings (SSSR count). The van der Waals surface area contributed by atoms with Crippen LogP contribution in [-0.2, 0) is 4.74 Å². The van der Waals surface area contributed by atoms with Gasteiger partial charge in [-0.2, -0.15) is 0 Å². The molecule has 14 heavy (non-hydrogen) atoms. The van der Waals surface area contributed by atoms with Crippen LogP contribution in [0.25, 0.3) is 0 Å². The van der Waals surface area contributed by atoms with Crippen molar-refractivity contribution >= 4 is 5.84 Å². The van der Waals surface area contributed by atoms with E-state index in [4.69, 9.17) is 10.1 Å². The van der Waals surface area contributed by atoms with Crippen molar-refractivity contribution < 1.29 is 4.74 Å². The maximum Gasteiger partial charge on any atom is 0.0958 e. The van der Waals surface area contributed by atoms with E-state index in [1.54, 1.807) is 7.11 Å². The number of nitrogens with zero attached hydrogens (tertiary/aromatic N) is 2. The van der Waals surface area contributed by atoms with Crippen molar-refractivity contribution in [3.05, 3.63) is 0 Å². The molecule has 0 aromatic carbocycles. The smallest absolute Gasteiger partial charge is 0.0958 e. The monoisotopic (exact) mass is 199 g/mol. The number of hydrogen-bond acceptors (Lipinski definition) is 3. The average Bonchev–Trinajstić information content (AvgIpc) is 2.58. The molecule has 4 nitrogen and oxygen atoms in total. The van der Waals surface area contributed by atoms with Gasteiger partial charge in [0.25, 0.3) is 0 Å². The minimum atomic E-state index is 0.786. The fourth-order valence-electron chi connectivity index (χ4n) is 1.63. The molecule has 0 aromatic rings. The summed E-state index contributed by atoms with van der Waals surface area (Å²) in [4.78, 5) is 4.42. The molecule has 1 aliphatic heterocycles. The van der Waals surface area contributed by atoms with Crippen molar-refractivity contribution in [2.75, 3.05) is 46.9 Å². The second-order valence-electron chi connectivity index (χ2n) is 3.83. The molecule has 1 aliphatic rings. The highest BCUT2D eigenvalue weighted by molar-refractivity contribution is 5.80. The van der Waals surface area contributed by atoms with Gasteiger partial charge in [-0.05, 0) is 13.5 Å². The molecule has 1 heterocycles. The molecule has 0 bridgehead atoms. The van der Waals surface area contributed by atoms with Crippen LogP contribution in [0, 0.1) is 5.41 Å². The molecule has 1 N–H and O–H groups in total. The third-order valence-corrected chi connectivity index (χ3v) is 2.65. The normalized spacial score (nSPS) is 17.1. The van der Waals surface area contributed by atoms with Crippen molar-refractivity contribution in [1.82, 2.24) is 9.80 Å². The summed E-state index contributed by atoms with van der Waals surface area (Å²) < 4.78 is 5.01. The Labute approximate surface area is 86.3 Å². The van der Waals surface area contributed by atoms with Crippen LogP contribution < -0.4 is 0 Å². The van der Waals surface area contributed by atoms with Crippen LogP contribution in [0.4, 0.5) is 0 Å². The van der Waals surface area contributed by atoms with Gasteiger partial charge < -0.3 is 14.5 Å². The SMILES string of the molecule is COCCN(C)CCN1CCCC1=N. The standard InChI is InChI=1S/C10H21N3O/c1-12(8-9-14-2)6-7-13-5-3-4-10(13)11/h11H,3-9H2,1-2H3. The van der Waals surface area contributed by atoms with Gasteiger partial charge in [0.1, 0.15) is 0 Å². The van der Waals surface area contributed by atoms with Crippen molar-refractivity contribution in [2.24, 2.45) is 0 Å². The summed E-state index contributed by atoms with van der Waals surface area (Å²) in [5, 5.41) is 7.67. The van der Waals surface area contributed by atoms with Gasteiger partial charge in [0.15, 0.2) is 0 Å². The average molecular weight is 199 g/mol. The lowest BCUT2D eigenvalue weighted by atomic mass is 10.4. The van der Waals surface area contributed by atoms with Crippen LogP contribution in [0.5, 0.6) is 0 Å². The molecule has 0 amide bonds. The van der Waals surface area contributed by atoms with Gasteiger partial charge in [0.05, 0.1) is 12.4 Å². The molecular formula is C10H21N3O. The Bertz CT molecular complexity index is 184. The molecule has 82 valence electrons. The van der Waals surface area contributed by atoms with E-state index < -0.39 is 0 Å². The molecule has 0 saturated carbocycles. The van der Waals surface area contributed by atoms with E-state index in [0.717, 1.165) is 51.5 Å². The van der Waals surface area contributed by atoms with Gasteiger partial charge in [-0.3, -0.25) is 5.41 Å². The summed E-state index contributed by atoms with van der Waals surface area (Å²) >= 11 is 0. The van der Waals surface area contributed by atoms with Crippen molar-refractivity contribution in [2.45, 2.75) is 12.8 Å². The van der Waals surface area contributed by atoms with Crippen molar-refractivity contribution in [1.29, 1.82) is 5.41 Å². The minimum absolute atomic E-state index is 0.786. The van der Waals surface area contributed by atoms with Crippen molar-refractivity contribution in [3.8, 4) is 0 Å². The number of ether oxygens (including phenoxy) is 1. The number of amidine groups is 1. The van der Waals surface area contributed by atoms with E-state index in [1.807, 2.05) is 0 Å². The molecule has 0 spiro atoms. The topological polar surface area (TPSA) is 39.6 Å². The first kappa shape index (κ1) is 11.5. The molecule has 0 aliphatic carbocycles. The van der Waals surface area contributed by atoms with Crippen LogP contribution in [0.15, 0.2) is 0 Å². The molecule has 1 saturated heterocycles. The van der Waals surface area contributed by atoms with Crippen LogP contribution >= 0.6 is 0 Å². The molecule has 0 atom stereocenters. The van der Waals surface area contributed by atoms with E-state index >= 15 is 0 Å². The Morgan fingerprint density at radius 2 is 2.29 bits per heavy atom. The lowest BCUT2D eigenvalue weighted by molar-refractivity contribution is 0.158. The zero-order valence-electron chi connectivity index (χ0n) is 9.25. The highest BCUT2D eigenvalue weighted by Crippen LogP contribution is 2.08. The summed E-state index contributed by atoms with van der Waals surface area (Å²) in [5.74, 6) is 0.810. The first-order valence-corrected chi connectivity index (χ1v) is 5.24. The maximum atomic E-state index is 7.67. The largest absolute Gasteiger partial charge is 0.383 e. The van der Waals surface area contributed by atoms with E-state index in [0.29, 0.717) is 0 Å². The lowest BCUT2D eigenvalue weighted by Gasteiger charge is -2.22. The van der Waals surface area contributed by atoms with Crippen LogP contribution in [-0.4, -0.2) is 62.6 Å². The molecule has 4 heteroatoms. The van der Waals surface area contributed by atoms with Gasteiger partial charge in [-0.15, -0.1) is 0 Å². The quantitative estimate of drug-likeness (QED) is 0.682. The fourth-order valence-corrected chi connectivity index (χ4v) is 1.63. The molecule has 0 aromatic heterocycles. The number of rotatable bonds is 6. The number of nitrogens with one attached hydrogen (secondary N) is 1. The lowest BCUT2D eigenvalue weighted by Crippen LogP contribution is -2.35.